The van der Waals surface area contributed by atoms with E-state index >= 15 is 0 Å². The maximum Gasteiger partial charge on any atom is 0.315 e. The van der Waals surface area contributed by atoms with Gasteiger partial charge in [-0.3, -0.25) is 0 Å². The van der Waals surface area contributed by atoms with Crippen molar-refractivity contribution in [2.75, 3.05) is 6.54 Å². The molecule has 1 aromatic carbocycles. The number of amides is 2. The van der Waals surface area contributed by atoms with Crippen LogP contribution in [-0.4, -0.2) is 17.7 Å². The molecule has 2 rings (SSSR count). The zero-order valence-electron chi connectivity index (χ0n) is 8.79. The maximum absolute atomic E-state index is 11.0. The number of rotatable bonds is 1. The number of phenols is 1. The molecule has 1 atom stereocenters. The van der Waals surface area contributed by atoms with Crippen molar-refractivity contribution in [2.45, 2.75) is 19.9 Å². The molecule has 1 fully saturated rings. The number of benzene rings is 1. The number of urea groups is 1. The van der Waals surface area contributed by atoms with Gasteiger partial charge in [-0.2, -0.15) is 0 Å². The molecule has 0 bridgehead atoms. The molecule has 1 aliphatic rings. The summed E-state index contributed by atoms with van der Waals surface area (Å²) in [6.45, 7) is 4.48. The molecule has 0 saturated carbocycles. The largest absolute Gasteiger partial charge is 0.508 e. The van der Waals surface area contributed by atoms with Crippen molar-refractivity contribution >= 4 is 6.03 Å². The van der Waals surface area contributed by atoms with Gasteiger partial charge in [-0.05, 0) is 42.7 Å². The van der Waals surface area contributed by atoms with Crippen LogP contribution in [-0.2, 0) is 0 Å². The van der Waals surface area contributed by atoms with Gasteiger partial charge in [-0.15, -0.1) is 0 Å². The summed E-state index contributed by atoms with van der Waals surface area (Å²) >= 11 is 0. The van der Waals surface area contributed by atoms with Gasteiger partial charge < -0.3 is 15.7 Å². The quantitative estimate of drug-likeness (QED) is 0.649. The number of phenolic OH excluding ortho intramolecular Hbond substituents is 1. The summed E-state index contributed by atoms with van der Waals surface area (Å²) in [5.74, 6) is 0.269. The maximum atomic E-state index is 11.0. The van der Waals surface area contributed by atoms with Crippen LogP contribution in [0.1, 0.15) is 22.7 Å². The average Bonchev–Trinajstić information content (AvgIpc) is 2.49. The Morgan fingerprint density at radius 1 is 1.33 bits per heavy atom. The molecular formula is C11H14N2O2. The molecule has 15 heavy (non-hydrogen) atoms. The van der Waals surface area contributed by atoms with Gasteiger partial charge in [0, 0.05) is 6.54 Å². The van der Waals surface area contributed by atoms with Crippen LogP contribution >= 0.6 is 0 Å². The molecule has 3 N–H and O–H groups in total. The Kier molecular flexibility index (Phi) is 2.26. The summed E-state index contributed by atoms with van der Waals surface area (Å²) in [5, 5.41) is 15.0. The Bertz CT molecular complexity index is 392. The highest BCUT2D eigenvalue weighted by Gasteiger charge is 2.24. The minimum Gasteiger partial charge on any atom is -0.508 e. The lowest BCUT2D eigenvalue weighted by molar-refractivity contribution is 0.247. The van der Waals surface area contributed by atoms with E-state index in [0.29, 0.717) is 6.54 Å². The molecule has 0 unspecified atom stereocenters. The highest BCUT2D eigenvalue weighted by atomic mass is 16.3. The van der Waals surface area contributed by atoms with Crippen LogP contribution in [0.2, 0.25) is 0 Å². The minimum atomic E-state index is -0.133. The van der Waals surface area contributed by atoms with Gasteiger partial charge in [-0.1, -0.05) is 0 Å². The van der Waals surface area contributed by atoms with Crippen molar-refractivity contribution in [2.24, 2.45) is 0 Å². The van der Waals surface area contributed by atoms with E-state index in [2.05, 4.69) is 10.6 Å². The lowest BCUT2D eigenvalue weighted by Crippen LogP contribution is -2.22. The van der Waals surface area contributed by atoms with Gasteiger partial charge in [0.05, 0.1) is 6.04 Å². The highest BCUT2D eigenvalue weighted by Crippen LogP contribution is 2.27. The Labute approximate surface area is 88.3 Å². The molecular weight excluding hydrogens is 192 g/mol. The monoisotopic (exact) mass is 206 g/mol. The van der Waals surface area contributed by atoms with Gasteiger partial charge in [0.25, 0.3) is 0 Å². The van der Waals surface area contributed by atoms with Crippen molar-refractivity contribution in [3.05, 3.63) is 28.8 Å². The Morgan fingerprint density at radius 2 is 1.93 bits per heavy atom. The van der Waals surface area contributed by atoms with Crippen LogP contribution in [0.15, 0.2) is 12.1 Å². The normalized spacial score (nSPS) is 19.9. The van der Waals surface area contributed by atoms with Crippen LogP contribution in [0.5, 0.6) is 5.75 Å². The number of hydrogen-bond donors (Lipinski definition) is 3. The second kappa shape index (κ2) is 3.46. The second-order valence-corrected chi connectivity index (χ2v) is 3.90. The van der Waals surface area contributed by atoms with Gasteiger partial charge in [0.15, 0.2) is 0 Å². The van der Waals surface area contributed by atoms with Crippen molar-refractivity contribution in [1.29, 1.82) is 0 Å². The molecule has 0 spiro atoms. The van der Waals surface area contributed by atoms with Crippen molar-refractivity contribution in [3.63, 3.8) is 0 Å². The summed E-state index contributed by atoms with van der Waals surface area (Å²) in [6.07, 6.45) is 0. The first-order valence-corrected chi connectivity index (χ1v) is 4.92. The van der Waals surface area contributed by atoms with E-state index in [1.54, 1.807) is 12.1 Å². The predicted octanol–water partition coefficient (Wildman–Crippen LogP) is 1.36. The second-order valence-electron chi connectivity index (χ2n) is 3.90. The van der Waals surface area contributed by atoms with Crippen LogP contribution < -0.4 is 10.6 Å². The van der Waals surface area contributed by atoms with Gasteiger partial charge in [0.2, 0.25) is 0 Å². The smallest absolute Gasteiger partial charge is 0.315 e. The third-order valence-corrected chi connectivity index (χ3v) is 2.70. The van der Waals surface area contributed by atoms with E-state index in [4.69, 9.17) is 0 Å². The third kappa shape index (κ3) is 1.75. The fourth-order valence-electron chi connectivity index (χ4n) is 2.13. The van der Waals surface area contributed by atoms with Crippen LogP contribution in [0.25, 0.3) is 0 Å². The molecule has 0 radical (unpaired) electrons. The summed E-state index contributed by atoms with van der Waals surface area (Å²) in [4.78, 5) is 11.0. The van der Waals surface area contributed by atoms with Crippen molar-refractivity contribution in [1.82, 2.24) is 10.6 Å². The van der Waals surface area contributed by atoms with Crippen molar-refractivity contribution in [3.8, 4) is 5.75 Å². The molecule has 80 valence electrons. The van der Waals surface area contributed by atoms with E-state index in [1.807, 2.05) is 13.8 Å². The van der Waals surface area contributed by atoms with Gasteiger partial charge in [-0.25, -0.2) is 4.79 Å². The number of aromatic hydroxyl groups is 1. The first-order chi connectivity index (χ1) is 7.08. The summed E-state index contributed by atoms with van der Waals surface area (Å²) in [5.41, 5.74) is 3.09. The van der Waals surface area contributed by atoms with Crippen molar-refractivity contribution < 1.29 is 9.90 Å². The number of carbonyl (C=O) groups is 1. The highest BCUT2D eigenvalue weighted by molar-refractivity contribution is 5.77. The van der Waals surface area contributed by atoms with E-state index in [0.717, 1.165) is 16.7 Å². The van der Waals surface area contributed by atoms with E-state index in [9.17, 15) is 9.90 Å². The number of nitrogens with one attached hydrogen (secondary N) is 2. The molecule has 0 aromatic heterocycles. The Hall–Kier alpha value is -1.71. The standard InChI is InChI=1S/C11H14N2O2/c1-6-3-8(14)4-7(2)10(6)9-5-12-11(15)13-9/h3-4,9,14H,5H2,1-2H3,(H2,12,13,15)/t9-/m1/s1. The molecule has 1 heterocycles. The van der Waals surface area contributed by atoms with Crippen LogP contribution in [0.4, 0.5) is 4.79 Å². The number of carbonyl (C=O) groups excluding carboxylic acids is 1. The van der Waals surface area contributed by atoms with E-state index < -0.39 is 0 Å². The molecule has 0 aliphatic carbocycles. The third-order valence-electron chi connectivity index (χ3n) is 2.70. The Morgan fingerprint density at radius 3 is 2.40 bits per heavy atom. The SMILES string of the molecule is Cc1cc(O)cc(C)c1[C@H]1CNC(=O)N1. The first kappa shape index (κ1) is 9.83. The number of hydrogen-bond acceptors (Lipinski definition) is 2. The fraction of sp³-hybridized carbons (Fsp3) is 0.364. The summed E-state index contributed by atoms with van der Waals surface area (Å²) in [7, 11) is 0. The molecule has 1 aliphatic heterocycles. The zero-order valence-corrected chi connectivity index (χ0v) is 8.79. The fourth-order valence-corrected chi connectivity index (χ4v) is 2.13. The molecule has 1 saturated heterocycles. The molecule has 1 aromatic rings. The average molecular weight is 206 g/mol. The lowest BCUT2D eigenvalue weighted by Gasteiger charge is -2.15. The van der Waals surface area contributed by atoms with E-state index in [-0.39, 0.29) is 17.8 Å². The van der Waals surface area contributed by atoms with Gasteiger partial charge >= 0.3 is 6.03 Å². The summed E-state index contributed by atoms with van der Waals surface area (Å²) < 4.78 is 0. The predicted molar refractivity (Wildman–Crippen MR) is 56.9 cm³/mol. The zero-order chi connectivity index (χ0) is 11.0. The van der Waals surface area contributed by atoms with Gasteiger partial charge in [0.1, 0.15) is 5.75 Å². The topological polar surface area (TPSA) is 61.4 Å². The number of aryl methyl sites for hydroxylation is 2. The minimum absolute atomic E-state index is 0.0121. The van der Waals surface area contributed by atoms with Crippen LogP contribution in [0.3, 0.4) is 0 Å². The first-order valence-electron chi connectivity index (χ1n) is 4.92. The lowest BCUT2D eigenvalue weighted by atomic mass is 9.96. The molecule has 4 heteroatoms. The summed E-state index contributed by atoms with van der Waals surface area (Å²) in [6, 6.07) is 3.31. The van der Waals surface area contributed by atoms with E-state index in [1.165, 1.54) is 0 Å². The molecule has 4 nitrogen and oxygen atoms in total. The molecule has 2 amide bonds. The van der Waals surface area contributed by atoms with Crippen LogP contribution in [0, 0.1) is 13.8 Å². The Balaban J connectivity index is 2.39.